The van der Waals surface area contributed by atoms with Crippen LogP contribution in [-0.2, 0) is 4.79 Å². The SMILES string of the molecule is C[C@@H](NC(=O)COc1ccc(-c2nnco2)cc1)c1cccc2ccccc12. The number of nitrogens with zero attached hydrogens (tertiary/aromatic N) is 2. The number of ether oxygens (including phenoxy) is 1. The number of hydrogen-bond acceptors (Lipinski definition) is 5. The van der Waals surface area contributed by atoms with Crippen molar-refractivity contribution in [2.45, 2.75) is 13.0 Å². The molecule has 1 N–H and O–H groups in total. The zero-order chi connectivity index (χ0) is 19.3. The Morgan fingerprint density at radius 1 is 1.07 bits per heavy atom. The van der Waals surface area contributed by atoms with Crippen molar-refractivity contribution in [1.82, 2.24) is 15.5 Å². The quantitative estimate of drug-likeness (QED) is 0.549. The van der Waals surface area contributed by atoms with Gasteiger partial charge in [0.25, 0.3) is 5.91 Å². The number of carbonyl (C=O) groups excluding carboxylic acids is 1. The maximum Gasteiger partial charge on any atom is 0.258 e. The molecule has 28 heavy (non-hydrogen) atoms. The lowest BCUT2D eigenvalue weighted by atomic mass is 10.00. The Morgan fingerprint density at radius 2 is 1.86 bits per heavy atom. The highest BCUT2D eigenvalue weighted by Gasteiger charge is 2.13. The van der Waals surface area contributed by atoms with E-state index in [1.165, 1.54) is 6.39 Å². The van der Waals surface area contributed by atoms with Gasteiger partial charge in [0.2, 0.25) is 12.3 Å². The van der Waals surface area contributed by atoms with Crippen molar-refractivity contribution in [1.29, 1.82) is 0 Å². The molecule has 0 aliphatic carbocycles. The fourth-order valence-electron chi connectivity index (χ4n) is 3.13. The first-order valence-electron chi connectivity index (χ1n) is 8.97. The van der Waals surface area contributed by atoms with Crippen molar-refractivity contribution < 1.29 is 13.9 Å². The Labute approximate surface area is 162 Å². The number of benzene rings is 3. The van der Waals surface area contributed by atoms with Gasteiger partial charge in [-0.1, -0.05) is 42.5 Å². The number of rotatable bonds is 6. The molecule has 0 aliphatic heterocycles. The summed E-state index contributed by atoms with van der Waals surface area (Å²) in [6, 6.07) is 21.3. The molecule has 0 bridgehead atoms. The number of hydrogen-bond donors (Lipinski definition) is 1. The lowest BCUT2D eigenvalue weighted by molar-refractivity contribution is -0.123. The summed E-state index contributed by atoms with van der Waals surface area (Å²) in [6.07, 6.45) is 1.28. The van der Waals surface area contributed by atoms with E-state index in [9.17, 15) is 4.79 Å². The third kappa shape index (κ3) is 3.86. The van der Waals surface area contributed by atoms with Gasteiger partial charge in [-0.2, -0.15) is 0 Å². The van der Waals surface area contributed by atoms with Crippen LogP contribution < -0.4 is 10.1 Å². The molecule has 1 atom stereocenters. The summed E-state index contributed by atoms with van der Waals surface area (Å²) in [7, 11) is 0. The van der Waals surface area contributed by atoms with Crippen molar-refractivity contribution in [3.8, 4) is 17.2 Å². The second-order valence-electron chi connectivity index (χ2n) is 6.41. The van der Waals surface area contributed by atoms with Crippen molar-refractivity contribution in [2.24, 2.45) is 0 Å². The second kappa shape index (κ2) is 7.92. The van der Waals surface area contributed by atoms with E-state index in [1.54, 1.807) is 24.3 Å². The van der Waals surface area contributed by atoms with E-state index in [0.29, 0.717) is 11.6 Å². The molecule has 6 heteroatoms. The van der Waals surface area contributed by atoms with Gasteiger partial charge >= 0.3 is 0 Å². The highest BCUT2D eigenvalue weighted by atomic mass is 16.5. The minimum atomic E-state index is -0.179. The standard InChI is InChI=1S/C22H19N3O3/c1-15(19-8-4-6-16-5-2-3-7-20(16)19)24-21(26)13-27-18-11-9-17(10-12-18)22-25-23-14-28-22/h2-12,14-15H,13H2,1H3,(H,24,26)/t15-/m1/s1. The van der Waals surface area contributed by atoms with Crippen LogP contribution in [0.25, 0.3) is 22.2 Å². The van der Waals surface area contributed by atoms with Gasteiger partial charge in [-0.3, -0.25) is 4.79 Å². The molecule has 1 aromatic heterocycles. The van der Waals surface area contributed by atoms with Crippen molar-refractivity contribution in [2.75, 3.05) is 6.61 Å². The van der Waals surface area contributed by atoms with Gasteiger partial charge in [0.15, 0.2) is 6.61 Å². The zero-order valence-electron chi connectivity index (χ0n) is 15.3. The normalized spacial score (nSPS) is 11.9. The topological polar surface area (TPSA) is 77.2 Å². The molecule has 0 fully saturated rings. The van der Waals surface area contributed by atoms with Crippen LogP contribution in [0.4, 0.5) is 0 Å². The average molecular weight is 373 g/mol. The van der Waals surface area contributed by atoms with E-state index in [2.05, 4.69) is 33.7 Å². The lowest BCUT2D eigenvalue weighted by Gasteiger charge is -2.17. The maximum absolute atomic E-state index is 12.3. The van der Waals surface area contributed by atoms with E-state index in [0.717, 1.165) is 21.9 Å². The zero-order valence-corrected chi connectivity index (χ0v) is 15.3. The molecule has 4 aromatic rings. The third-order valence-electron chi connectivity index (χ3n) is 4.50. The summed E-state index contributed by atoms with van der Waals surface area (Å²) in [6.45, 7) is 1.91. The summed E-state index contributed by atoms with van der Waals surface area (Å²) in [4.78, 5) is 12.3. The first kappa shape index (κ1) is 17.7. The van der Waals surface area contributed by atoms with E-state index in [1.807, 2.05) is 31.2 Å². The molecular formula is C22H19N3O3. The summed E-state index contributed by atoms with van der Waals surface area (Å²) in [5.74, 6) is 0.853. The van der Waals surface area contributed by atoms with Crippen LogP contribution in [0.5, 0.6) is 5.75 Å². The van der Waals surface area contributed by atoms with Crippen LogP contribution in [-0.4, -0.2) is 22.7 Å². The number of aromatic nitrogens is 2. The second-order valence-corrected chi connectivity index (χ2v) is 6.41. The van der Waals surface area contributed by atoms with Gasteiger partial charge in [-0.05, 0) is 47.5 Å². The van der Waals surface area contributed by atoms with Crippen LogP contribution in [0.1, 0.15) is 18.5 Å². The highest BCUT2D eigenvalue weighted by molar-refractivity contribution is 5.87. The Balaban J connectivity index is 1.36. The van der Waals surface area contributed by atoms with Crippen LogP contribution in [0.3, 0.4) is 0 Å². The molecule has 6 nitrogen and oxygen atoms in total. The van der Waals surface area contributed by atoms with Gasteiger partial charge in [0.05, 0.1) is 6.04 Å². The number of carbonyl (C=O) groups is 1. The predicted molar refractivity (Wildman–Crippen MR) is 106 cm³/mol. The van der Waals surface area contributed by atoms with Crippen molar-refractivity contribution >= 4 is 16.7 Å². The van der Waals surface area contributed by atoms with Gasteiger partial charge in [-0.15, -0.1) is 10.2 Å². The van der Waals surface area contributed by atoms with Crippen LogP contribution in [0, 0.1) is 0 Å². The Kier molecular flexibility index (Phi) is 5.01. The molecule has 1 heterocycles. The smallest absolute Gasteiger partial charge is 0.258 e. The van der Waals surface area contributed by atoms with Crippen LogP contribution in [0.15, 0.2) is 77.5 Å². The predicted octanol–water partition coefficient (Wildman–Crippen LogP) is 4.15. The molecular weight excluding hydrogens is 354 g/mol. The first-order chi connectivity index (χ1) is 13.7. The number of fused-ring (bicyclic) bond motifs is 1. The van der Waals surface area contributed by atoms with Crippen LogP contribution in [0.2, 0.25) is 0 Å². The largest absolute Gasteiger partial charge is 0.484 e. The van der Waals surface area contributed by atoms with Crippen molar-refractivity contribution in [3.63, 3.8) is 0 Å². The van der Waals surface area contributed by atoms with Gasteiger partial charge < -0.3 is 14.5 Å². The fourth-order valence-corrected chi connectivity index (χ4v) is 3.13. The molecule has 3 aromatic carbocycles. The minimum absolute atomic E-state index is 0.0605. The summed E-state index contributed by atoms with van der Waals surface area (Å²) in [5.41, 5.74) is 1.87. The van der Waals surface area contributed by atoms with Crippen molar-refractivity contribution in [3.05, 3.63) is 78.7 Å². The average Bonchev–Trinajstić information content (AvgIpc) is 3.27. The molecule has 1 amide bonds. The Morgan fingerprint density at radius 3 is 2.64 bits per heavy atom. The Hall–Kier alpha value is -3.67. The van der Waals surface area contributed by atoms with E-state index in [-0.39, 0.29) is 18.6 Å². The van der Waals surface area contributed by atoms with Gasteiger partial charge in [0, 0.05) is 5.56 Å². The van der Waals surface area contributed by atoms with Gasteiger partial charge in [-0.25, -0.2) is 0 Å². The number of nitrogens with one attached hydrogen (secondary N) is 1. The molecule has 4 rings (SSSR count). The lowest BCUT2D eigenvalue weighted by Crippen LogP contribution is -2.31. The molecule has 140 valence electrons. The molecule has 0 aliphatic rings. The minimum Gasteiger partial charge on any atom is -0.484 e. The van der Waals surface area contributed by atoms with Gasteiger partial charge in [0.1, 0.15) is 5.75 Å². The maximum atomic E-state index is 12.3. The van der Waals surface area contributed by atoms with Crippen LogP contribution >= 0.6 is 0 Å². The fraction of sp³-hybridized carbons (Fsp3) is 0.136. The first-order valence-corrected chi connectivity index (χ1v) is 8.97. The molecule has 0 unspecified atom stereocenters. The monoisotopic (exact) mass is 373 g/mol. The van der Waals surface area contributed by atoms with E-state index >= 15 is 0 Å². The summed E-state index contributed by atoms with van der Waals surface area (Å²) in [5, 5.41) is 12.8. The third-order valence-corrected chi connectivity index (χ3v) is 4.50. The molecule has 0 saturated carbocycles. The molecule has 0 spiro atoms. The molecule has 0 saturated heterocycles. The summed E-state index contributed by atoms with van der Waals surface area (Å²) >= 11 is 0. The highest BCUT2D eigenvalue weighted by Crippen LogP contribution is 2.24. The summed E-state index contributed by atoms with van der Waals surface area (Å²) < 4.78 is 10.7. The number of amides is 1. The van der Waals surface area contributed by atoms with E-state index < -0.39 is 0 Å². The Bertz CT molecular complexity index is 1070. The van der Waals surface area contributed by atoms with E-state index in [4.69, 9.17) is 9.15 Å². The molecule has 0 radical (unpaired) electrons.